The van der Waals surface area contributed by atoms with Gasteiger partial charge >= 0.3 is 40.2 Å². The third kappa shape index (κ3) is 39.6. The van der Waals surface area contributed by atoms with Crippen LogP contribution in [0.4, 0.5) is 17.6 Å². The van der Waals surface area contributed by atoms with E-state index < -0.39 is 79.8 Å². The first-order chi connectivity index (χ1) is 68.0. The van der Waals surface area contributed by atoms with Gasteiger partial charge in [0.1, 0.15) is 55.5 Å². The molecule has 7 aromatic carbocycles. The van der Waals surface area contributed by atoms with Gasteiger partial charge in [0.05, 0.1) is 22.3 Å². The molecule has 2 unspecified atom stereocenters. The van der Waals surface area contributed by atoms with Crippen molar-refractivity contribution in [1.82, 2.24) is 35.1 Å². The molecule has 144 heavy (non-hydrogen) atoms. The second-order valence-electron chi connectivity index (χ2n) is 32.6. The number of benzene rings is 7. The number of H-pyrrole nitrogens is 3. The molecule has 3 amide bonds. The monoisotopic (exact) mass is 2180 g/mol. The molecule has 774 valence electrons. The van der Waals surface area contributed by atoms with Crippen LogP contribution in [0.2, 0.25) is 0 Å². The number of aromatic nitrogens is 4. The summed E-state index contributed by atoms with van der Waals surface area (Å²) >= 11 is 1.37. The number of fused-ring (bicyclic) bond motifs is 3. The predicted octanol–water partition coefficient (Wildman–Crippen LogP) is 18.6. The average Bonchev–Trinajstić information content (AvgIpc) is 1.58. The van der Waals surface area contributed by atoms with Crippen LogP contribution in [0.15, 0.2) is 232 Å². The summed E-state index contributed by atoms with van der Waals surface area (Å²) in [5.74, 6) is -7.34. The van der Waals surface area contributed by atoms with E-state index in [4.69, 9.17) is 31.3 Å². The Bertz CT molecular complexity index is 6200. The van der Waals surface area contributed by atoms with E-state index in [9.17, 15) is 90.1 Å². The van der Waals surface area contributed by atoms with Gasteiger partial charge in [-0.3, -0.25) is 52.7 Å². The van der Waals surface area contributed by atoms with Crippen LogP contribution in [-0.2, 0) is 68.3 Å². The number of pyridine rings is 4. The summed E-state index contributed by atoms with van der Waals surface area (Å²) in [5, 5.41) is 42.4. The fourth-order valence-electron chi connectivity index (χ4n) is 14.8. The molecule has 11 N–H and O–H groups in total. The van der Waals surface area contributed by atoms with Gasteiger partial charge in [-0.05, 0) is 177 Å². The number of aromatic amines is 3. The first-order valence-corrected chi connectivity index (χ1v) is 51.0. The number of carbonyl (C=O) groups is 9. The number of aliphatic hydroxyl groups is 2. The number of aromatic hydroxyl groups is 1. The molecule has 11 aromatic rings. The van der Waals surface area contributed by atoms with E-state index in [2.05, 4.69) is 25.6 Å². The number of ketones is 4. The SMILES string of the molecule is C.C.C.NCCCCCCO.O=C(CCc1ccc(F)cc1)c1cn2c(c(O)c1=O)C(=O)N1CCCCCC12.O=C(NCCCCCCO)c1[nH]cc(C(=O)CCc2ccc(F)cc2)c(=O)c1OCc1ccccc1.O=C(O)c1[nH]cc(C(=O)CCc2ccc(F)cc2)c(=O)c1OCc1ccccc1.O=CCCCCCNC(=O)c1[nH]cc(C(=O)CCc2ccc(F)cc2)c(=O)c1OCc1ccccc1.[2H][S](C)=[W].[CH3-]. The number of carboxylic acids is 1. The molecule has 34 heteroatoms. The molecule has 2 aliphatic rings. The Morgan fingerprint density at radius 2 is 0.792 bits per heavy atom. The number of aldehydes is 1. The molecule has 0 saturated carbocycles. The summed E-state index contributed by atoms with van der Waals surface area (Å²) in [4.78, 5) is 172. The normalized spacial score (nSPS) is 12.0. The van der Waals surface area contributed by atoms with Crippen LogP contribution < -0.4 is 52.3 Å². The van der Waals surface area contributed by atoms with Crippen LogP contribution in [0.5, 0.6) is 23.0 Å². The molecule has 13 rings (SSSR count). The number of aromatic carboxylic acids is 1. The van der Waals surface area contributed by atoms with Crippen LogP contribution in [-0.4, -0.2) is 145 Å². The van der Waals surface area contributed by atoms with Gasteiger partial charge in [-0.15, -0.1) is 0 Å². The van der Waals surface area contributed by atoms with Gasteiger partial charge in [0.15, 0.2) is 68.9 Å². The zero-order valence-electron chi connectivity index (χ0n) is 79.8. The number of hydrogen-bond acceptors (Lipinski definition) is 20. The van der Waals surface area contributed by atoms with Crippen LogP contribution >= 0.6 is 8.86 Å². The van der Waals surface area contributed by atoms with Gasteiger partial charge in [0.25, 0.3) is 17.7 Å². The maximum atomic E-state index is 13.2. The minimum Gasteiger partial charge on any atom is -0.358 e. The van der Waals surface area contributed by atoms with Gasteiger partial charge in [0.2, 0.25) is 21.7 Å². The Labute approximate surface area is 851 Å². The number of aryl methyl sites for hydroxylation is 4. The summed E-state index contributed by atoms with van der Waals surface area (Å²) in [5.41, 5.74) is 6.75. The van der Waals surface area contributed by atoms with Crippen molar-refractivity contribution in [3.05, 3.63) is 368 Å². The molecular weight excluding hydrogens is 2050 g/mol. The van der Waals surface area contributed by atoms with Crippen molar-refractivity contribution in [3.8, 4) is 23.0 Å². The number of rotatable bonds is 45. The number of carbonyl (C=O) groups excluding carboxylic acids is 8. The van der Waals surface area contributed by atoms with Gasteiger partial charge in [-0.1, -0.05) is 200 Å². The maximum Gasteiger partial charge on any atom is -0.358 e. The number of nitrogens with one attached hydrogen (secondary N) is 5. The number of nitrogens with zero attached hydrogens (tertiary/aromatic N) is 2. The third-order valence-electron chi connectivity index (χ3n) is 22.4. The largest absolute Gasteiger partial charge is 0.358 e. The molecule has 4 aromatic heterocycles. The Hall–Kier alpha value is -13.6. The van der Waals surface area contributed by atoms with Crippen LogP contribution in [0.1, 0.15) is 279 Å². The van der Waals surface area contributed by atoms with Crippen LogP contribution in [0.3, 0.4) is 0 Å². The van der Waals surface area contributed by atoms with Crippen LogP contribution in [0.25, 0.3) is 0 Å². The number of ether oxygens (including phenoxy) is 3. The molecule has 0 bridgehead atoms. The minimum atomic E-state index is -1.37. The number of unbranched alkanes of at least 4 members (excludes halogenated alkanes) is 9. The van der Waals surface area contributed by atoms with E-state index in [0.29, 0.717) is 64.8 Å². The zero-order valence-corrected chi connectivity index (χ0v) is 82.6. The molecule has 0 radical (unpaired) electrons. The van der Waals surface area contributed by atoms with E-state index in [1.165, 1.54) is 85.1 Å². The molecule has 2 atom stereocenters. The quantitative estimate of drug-likeness (QED) is 0.00422. The van der Waals surface area contributed by atoms with Crippen molar-refractivity contribution in [2.45, 2.75) is 202 Å². The van der Waals surface area contributed by atoms with E-state index in [0.717, 1.165) is 148 Å². The van der Waals surface area contributed by atoms with Gasteiger partial charge in [0, 0.05) is 89.7 Å². The second kappa shape index (κ2) is 67.0. The molecule has 2 aliphatic heterocycles. The van der Waals surface area contributed by atoms with Gasteiger partial charge in [-0.25, -0.2) is 22.4 Å². The zero-order chi connectivity index (χ0) is 102. The molecule has 6 heterocycles. The first kappa shape index (κ1) is 121. The standard InChI is InChI=1S/C28H31FN2O5.C28H29FN2O5.C22H18FNO5.C21H21FN2O4.C6H15NO.CH4S.3CH4.CH3.W/c2*29-22-13-10-20(11-14-22)12-15-24(33)23-18-31-25(28(35)30-16-6-1-2-7-17-32)27(26(23)34)36-19-21-8-4-3-5-9-21;23-16-9-6-14(7-10-16)8-11-18(25)17-12-24-19(22(27)28)21(20(17)26)29-13-15-4-2-1-3-5-15;22-14-8-5-13(6-9-14)7-10-16(25)15-12-24-17-4-2-1-3-11-23(17)21(28)18(24)20(27)19(15)26;7-5-3-1-2-4-6-8;1-2;;;;;/h3-5,8-11,13-14,18,32H,1-2,6-7,12,15-17,19H2,(H,30,35)(H,31,34);3-5,8-11,13-14,17-18H,1-2,6-7,12,15-16,19H2,(H,30,35)(H,31,34);1-7,9-10,12H,8,11,13H2,(H,24,26)(H,27,28);5-6,8-9,12,17,27H,1-4,7,10-11H2;8H,1-7H2;2H,1H3;3*1H4;1H3;/q;;;;;;;;;-1;/i/hD. The molecule has 1 fully saturated rings. The summed E-state index contributed by atoms with van der Waals surface area (Å²) < 4.78 is 77.5. The number of halogens is 4. The molecule has 0 spiro atoms. The van der Waals surface area contributed by atoms with Gasteiger partial charge < -0.3 is 87.6 Å². The number of hydrogen-bond donors (Lipinski definition) is 11. The van der Waals surface area contributed by atoms with E-state index in [1.54, 1.807) is 82.3 Å². The number of nitrogens with two attached hydrogens (primary N) is 1. The number of amides is 3. The number of aliphatic hydroxyl groups excluding tert-OH is 2. The van der Waals surface area contributed by atoms with E-state index in [-0.39, 0.29) is 177 Å². The smallest absolute Gasteiger partial charge is 0.358 e. The topological polar surface area (TPSA) is 436 Å². The van der Waals surface area contributed by atoms with Crippen molar-refractivity contribution in [1.29, 1.82) is 1.12 Å². The molecule has 1 saturated heterocycles. The predicted molar refractivity (Wildman–Crippen MR) is 548 cm³/mol. The van der Waals surface area contributed by atoms with Crippen molar-refractivity contribution < 1.29 is 113 Å². The molecular formula is C110H133F4N8O20SW-. The van der Waals surface area contributed by atoms with Gasteiger partial charge in [-0.2, -0.15) is 0 Å². The van der Waals surface area contributed by atoms with Crippen LogP contribution in [0, 0.1) is 30.7 Å². The van der Waals surface area contributed by atoms with Crippen molar-refractivity contribution in [3.63, 3.8) is 0 Å². The van der Waals surface area contributed by atoms with Crippen molar-refractivity contribution >= 4 is 62.0 Å². The molecule has 28 nitrogen and oxygen atoms in total. The third-order valence-corrected chi connectivity index (χ3v) is 22.4. The number of Topliss-reactive ketones (excluding diaryl/α,β-unsaturated/α-hetero) is 4. The molecule has 0 aliphatic carbocycles. The summed E-state index contributed by atoms with van der Waals surface area (Å²) in [6, 6.07) is 50.5. The Kier molecular flexibility index (Phi) is 56.3. The van der Waals surface area contributed by atoms with Crippen molar-refractivity contribution in [2.75, 3.05) is 45.6 Å². The fraction of sp³-hybridized carbons (Fsp3) is 0.345. The minimum absolute atomic E-state index is 0. The Balaban J connectivity index is 0.000000385. The Morgan fingerprint density at radius 1 is 0.465 bits per heavy atom. The first-order valence-electron chi connectivity index (χ1n) is 46.6. The fourth-order valence-corrected chi connectivity index (χ4v) is 14.8. The summed E-state index contributed by atoms with van der Waals surface area (Å²) in [7, 11) is -0.0278. The maximum absolute atomic E-state index is 13.2. The summed E-state index contributed by atoms with van der Waals surface area (Å²) in [6.45, 7) is 2.69. The number of thiol groups is 1. The van der Waals surface area contributed by atoms with E-state index >= 15 is 0 Å². The average molecular weight is 2180 g/mol. The van der Waals surface area contributed by atoms with Crippen molar-refractivity contribution in [2.24, 2.45) is 5.73 Å². The number of carboxylic acid groups (broad SMARTS) is 1. The van der Waals surface area contributed by atoms with E-state index in [1.807, 2.05) is 73.0 Å². The second-order valence-corrected chi connectivity index (χ2v) is 36.5. The Morgan fingerprint density at radius 3 is 1.13 bits per heavy atom. The summed E-state index contributed by atoms with van der Waals surface area (Å²) in [6.07, 6.45) is 22.8.